The first-order valence-electron chi connectivity index (χ1n) is 7.06. The van der Waals surface area contributed by atoms with Crippen LogP contribution in [-0.2, 0) is 0 Å². The van der Waals surface area contributed by atoms with Crippen LogP contribution in [0.5, 0.6) is 0 Å². The van der Waals surface area contributed by atoms with Gasteiger partial charge in [-0.05, 0) is 30.3 Å². The zero-order valence-corrected chi connectivity index (χ0v) is 13.5. The van der Waals surface area contributed by atoms with Crippen LogP contribution in [0.3, 0.4) is 0 Å². The number of hydrogen-bond acceptors (Lipinski definition) is 4. The molecule has 4 rings (SSSR count). The Morgan fingerprint density at radius 1 is 1.30 bits per heavy atom. The molecule has 4 nitrogen and oxygen atoms in total. The standard InChI is InChI=1S/C17H12ClN3OS/c18-13-3-4-15-11(8-13)5-7-21(15)17(22)14-10-23-16(20-14)12-2-1-6-19-9-12/h1-10,16,20H. The minimum absolute atomic E-state index is 0.0129. The van der Waals surface area contributed by atoms with Crippen LogP contribution in [0, 0.1) is 0 Å². The molecule has 0 spiro atoms. The highest BCUT2D eigenvalue weighted by Gasteiger charge is 2.24. The summed E-state index contributed by atoms with van der Waals surface area (Å²) in [6.45, 7) is 0. The van der Waals surface area contributed by atoms with Gasteiger partial charge in [0.15, 0.2) is 0 Å². The number of halogens is 1. The zero-order chi connectivity index (χ0) is 15.8. The van der Waals surface area contributed by atoms with Gasteiger partial charge < -0.3 is 5.32 Å². The van der Waals surface area contributed by atoms with Crippen LogP contribution in [0.1, 0.15) is 15.7 Å². The average Bonchev–Trinajstić information content (AvgIpc) is 3.22. The van der Waals surface area contributed by atoms with Crippen molar-refractivity contribution in [2.75, 3.05) is 0 Å². The molecule has 0 amide bonds. The Morgan fingerprint density at radius 2 is 2.22 bits per heavy atom. The maximum Gasteiger partial charge on any atom is 0.279 e. The Hall–Kier alpha value is -2.24. The lowest BCUT2D eigenvalue weighted by Gasteiger charge is -2.12. The molecule has 1 unspecified atom stereocenters. The Morgan fingerprint density at radius 3 is 3.04 bits per heavy atom. The van der Waals surface area contributed by atoms with Crippen molar-refractivity contribution < 1.29 is 4.79 Å². The number of carbonyl (C=O) groups is 1. The van der Waals surface area contributed by atoms with E-state index in [4.69, 9.17) is 11.6 Å². The third kappa shape index (κ3) is 2.62. The van der Waals surface area contributed by atoms with Gasteiger partial charge in [-0.25, -0.2) is 0 Å². The monoisotopic (exact) mass is 341 g/mol. The van der Waals surface area contributed by atoms with Crippen LogP contribution in [0.4, 0.5) is 0 Å². The van der Waals surface area contributed by atoms with Crippen molar-refractivity contribution in [1.82, 2.24) is 14.9 Å². The Labute approximate surface area is 142 Å². The van der Waals surface area contributed by atoms with Crippen molar-refractivity contribution in [1.29, 1.82) is 0 Å². The molecule has 0 bridgehead atoms. The smallest absolute Gasteiger partial charge is 0.279 e. The highest BCUT2D eigenvalue weighted by Crippen LogP contribution is 2.34. The third-order valence-electron chi connectivity index (χ3n) is 3.70. The summed E-state index contributed by atoms with van der Waals surface area (Å²) in [4.78, 5) is 16.9. The molecule has 0 fully saturated rings. The van der Waals surface area contributed by atoms with E-state index in [1.54, 1.807) is 41.0 Å². The van der Waals surface area contributed by atoms with Gasteiger partial charge in [-0.2, -0.15) is 0 Å². The van der Waals surface area contributed by atoms with E-state index >= 15 is 0 Å². The van der Waals surface area contributed by atoms with Crippen molar-refractivity contribution in [3.8, 4) is 0 Å². The zero-order valence-electron chi connectivity index (χ0n) is 11.9. The molecule has 1 aliphatic rings. The van der Waals surface area contributed by atoms with E-state index in [1.165, 1.54) is 0 Å². The summed E-state index contributed by atoms with van der Waals surface area (Å²) >= 11 is 7.56. The summed E-state index contributed by atoms with van der Waals surface area (Å²) in [6.07, 6.45) is 5.31. The summed E-state index contributed by atoms with van der Waals surface area (Å²) in [6, 6.07) is 11.3. The van der Waals surface area contributed by atoms with E-state index in [9.17, 15) is 4.79 Å². The molecule has 23 heavy (non-hydrogen) atoms. The summed E-state index contributed by atoms with van der Waals surface area (Å²) < 4.78 is 1.64. The second-order valence-electron chi connectivity index (χ2n) is 5.17. The minimum atomic E-state index is -0.0822. The van der Waals surface area contributed by atoms with Gasteiger partial charge in [0.2, 0.25) is 0 Å². The topological polar surface area (TPSA) is 46.9 Å². The summed E-state index contributed by atoms with van der Waals surface area (Å²) in [5.74, 6) is -0.0822. The number of carbonyl (C=O) groups excluding carboxylic acids is 1. The number of thioether (sulfide) groups is 1. The lowest BCUT2D eigenvalue weighted by Crippen LogP contribution is -2.23. The SMILES string of the molecule is O=C(C1=CSC(c2cccnc2)N1)n1ccc2cc(Cl)ccc21. The molecule has 1 atom stereocenters. The number of nitrogens with one attached hydrogen (secondary N) is 1. The van der Waals surface area contributed by atoms with Crippen molar-refractivity contribution in [2.45, 2.75) is 5.37 Å². The molecule has 0 aliphatic carbocycles. The fraction of sp³-hybridized carbons (Fsp3) is 0.0588. The summed E-state index contributed by atoms with van der Waals surface area (Å²) in [7, 11) is 0. The van der Waals surface area contributed by atoms with Gasteiger partial charge in [-0.3, -0.25) is 14.3 Å². The highest BCUT2D eigenvalue weighted by molar-refractivity contribution is 8.02. The first kappa shape index (κ1) is 14.4. The van der Waals surface area contributed by atoms with Crippen LogP contribution in [-0.4, -0.2) is 15.5 Å². The second-order valence-corrected chi connectivity index (χ2v) is 6.59. The number of fused-ring (bicyclic) bond motifs is 1. The van der Waals surface area contributed by atoms with E-state index in [-0.39, 0.29) is 11.3 Å². The normalized spacial score (nSPS) is 17.1. The number of nitrogens with zero attached hydrogens (tertiary/aromatic N) is 2. The molecule has 3 heterocycles. The molecular formula is C17H12ClN3OS. The van der Waals surface area contributed by atoms with Crippen molar-refractivity contribution in [3.05, 3.63) is 76.7 Å². The lowest BCUT2D eigenvalue weighted by atomic mass is 10.2. The molecule has 1 aliphatic heterocycles. The van der Waals surface area contributed by atoms with Crippen molar-refractivity contribution in [3.63, 3.8) is 0 Å². The quantitative estimate of drug-likeness (QED) is 0.758. The maximum absolute atomic E-state index is 12.8. The molecule has 2 aromatic heterocycles. The van der Waals surface area contributed by atoms with E-state index < -0.39 is 0 Å². The number of pyridine rings is 1. The van der Waals surface area contributed by atoms with Gasteiger partial charge in [0.1, 0.15) is 11.1 Å². The first-order valence-corrected chi connectivity index (χ1v) is 8.38. The Bertz CT molecular complexity index is 920. The molecule has 0 saturated heterocycles. The molecule has 1 aromatic carbocycles. The van der Waals surface area contributed by atoms with Crippen LogP contribution >= 0.6 is 23.4 Å². The van der Waals surface area contributed by atoms with Gasteiger partial charge in [-0.15, -0.1) is 11.8 Å². The Balaban J connectivity index is 1.60. The van der Waals surface area contributed by atoms with Gasteiger partial charge in [0, 0.05) is 40.0 Å². The van der Waals surface area contributed by atoms with Crippen LogP contribution in [0.25, 0.3) is 10.9 Å². The van der Waals surface area contributed by atoms with Gasteiger partial charge in [-0.1, -0.05) is 17.7 Å². The predicted molar refractivity (Wildman–Crippen MR) is 93.4 cm³/mol. The number of hydrogen-bond donors (Lipinski definition) is 1. The van der Waals surface area contributed by atoms with E-state index in [2.05, 4.69) is 10.3 Å². The largest absolute Gasteiger partial charge is 0.364 e. The molecular weight excluding hydrogens is 330 g/mol. The van der Waals surface area contributed by atoms with Gasteiger partial charge in [0.05, 0.1) is 5.52 Å². The number of aromatic nitrogens is 2. The molecule has 114 valence electrons. The predicted octanol–water partition coefficient (Wildman–Crippen LogP) is 4.21. The van der Waals surface area contributed by atoms with Crippen molar-refractivity contribution in [2.24, 2.45) is 0 Å². The molecule has 0 radical (unpaired) electrons. The number of allylic oxidation sites excluding steroid dienone is 1. The number of benzene rings is 1. The van der Waals surface area contributed by atoms with Crippen LogP contribution in [0.15, 0.2) is 66.1 Å². The van der Waals surface area contributed by atoms with Gasteiger partial charge >= 0.3 is 0 Å². The average molecular weight is 342 g/mol. The maximum atomic E-state index is 12.8. The van der Waals surface area contributed by atoms with Crippen molar-refractivity contribution >= 4 is 40.2 Å². The lowest BCUT2D eigenvalue weighted by molar-refractivity contribution is 0.0952. The van der Waals surface area contributed by atoms with Crippen LogP contribution < -0.4 is 5.32 Å². The summed E-state index contributed by atoms with van der Waals surface area (Å²) in [5, 5.41) is 6.74. The molecule has 3 aromatic rings. The Kier molecular flexibility index (Phi) is 3.59. The highest BCUT2D eigenvalue weighted by atomic mass is 35.5. The molecule has 0 saturated carbocycles. The third-order valence-corrected chi connectivity index (χ3v) is 4.97. The van der Waals surface area contributed by atoms with Crippen LogP contribution in [0.2, 0.25) is 5.02 Å². The first-order chi connectivity index (χ1) is 11.2. The van der Waals surface area contributed by atoms with E-state index in [1.807, 2.05) is 35.7 Å². The van der Waals surface area contributed by atoms with E-state index in [0.29, 0.717) is 10.7 Å². The second kappa shape index (κ2) is 5.76. The number of rotatable bonds is 2. The molecule has 6 heteroatoms. The van der Waals surface area contributed by atoms with E-state index in [0.717, 1.165) is 16.5 Å². The molecule has 1 N–H and O–H groups in total. The fourth-order valence-corrected chi connectivity index (χ4v) is 3.68. The minimum Gasteiger partial charge on any atom is -0.364 e. The summed E-state index contributed by atoms with van der Waals surface area (Å²) in [5.41, 5.74) is 2.47. The fourth-order valence-electron chi connectivity index (χ4n) is 2.57. The van der Waals surface area contributed by atoms with Gasteiger partial charge in [0.25, 0.3) is 5.91 Å².